The van der Waals surface area contributed by atoms with Crippen LogP contribution in [0.2, 0.25) is 0 Å². The fraction of sp³-hybridized carbons (Fsp3) is 0.167. The van der Waals surface area contributed by atoms with Gasteiger partial charge in [0.25, 0.3) is 0 Å². The number of Topliss-reactive ketones (excluding diaryl/α,β-unsaturated/α-hetero) is 1. The maximum atomic E-state index is 12.5. The van der Waals surface area contributed by atoms with E-state index in [0.29, 0.717) is 24.5 Å². The molecular formula is C18H14N2O3. The molecule has 0 aliphatic carbocycles. The molecule has 4 rings (SSSR count). The number of carbonyl (C=O) groups excluding carboxylic acids is 2. The summed E-state index contributed by atoms with van der Waals surface area (Å²) < 4.78 is 7.30. The number of ether oxygens (including phenoxy) is 1. The lowest BCUT2D eigenvalue weighted by molar-refractivity contribution is -0.141. The number of aromatic nitrogens is 2. The lowest BCUT2D eigenvalue weighted by Gasteiger charge is -2.21. The third-order valence-electron chi connectivity index (χ3n) is 4.04. The number of benzene rings is 2. The van der Waals surface area contributed by atoms with E-state index in [2.05, 4.69) is 4.98 Å². The smallest absolute Gasteiger partial charge is 0.329 e. The number of fused-ring (bicyclic) bond motifs is 3. The van der Waals surface area contributed by atoms with Crippen LogP contribution in [0.1, 0.15) is 18.2 Å². The van der Waals surface area contributed by atoms with Gasteiger partial charge in [-0.05, 0) is 24.3 Å². The second-order valence-electron chi connectivity index (χ2n) is 5.49. The molecular weight excluding hydrogens is 292 g/mol. The molecule has 5 nitrogen and oxygen atoms in total. The van der Waals surface area contributed by atoms with Gasteiger partial charge in [0.1, 0.15) is 11.6 Å². The molecule has 23 heavy (non-hydrogen) atoms. The summed E-state index contributed by atoms with van der Waals surface area (Å²) in [6.45, 7) is 0.545. The van der Waals surface area contributed by atoms with E-state index >= 15 is 0 Å². The summed E-state index contributed by atoms with van der Waals surface area (Å²) in [5.41, 5.74) is 1.72. The van der Waals surface area contributed by atoms with Crippen LogP contribution in [0.5, 0.6) is 5.75 Å². The zero-order valence-electron chi connectivity index (χ0n) is 12.3. The summed E-state index contributed by atoms with van der Waals surface area (Å²) in [6, 6.07) is 16.4. The van der Waals surface area contributed by atoms with Crippen molar-refractivity contribution >= 4 is 22.8 Å². The number of hydrogen-bond donors (Lipinski definition) is 0. The van der Waals surface area contributed by atoms with E-state index in [1.165, 1.54) is 0 Å². The third kappa shape index (κ3) is 2.30. The number of para-hydroxylation sites is 3. The molecule has 0 radical (unpaired) electrons. The summed E-state index contributed by atoms with van der Waals surface area (Å²) in [5.74, 6) is -0.774. The van der Waals surface area contributed by atoms with E-state index in [-0.39, 0.29) is 5.78 Å². The Morgan fingerprint density at radius 2 is 1.83 bits per heavy atom. The Labute approximate surface area is 132 Å². The lowest BCUT2D eigenvalue weighted by atomic mass is 9.97. The van der Waals surface area contributed by atoms with Crippen molar-refractivity contribution in [3.8, 4) is 5.75 Å². The van der Waals surface area contributed by atoms with Crippen LogP contribution in [0.15, 0.2) is 54.6 Å². The monoisotopic (exact) mass is 306 g/mol. The number of hydrogen-bond acceptors (Lipinski definition) is 4. The molecule has 1 aliphatic heterocycles. The maximum Gasteiger partial charge on any atom is 0.329 e. The number of aryl methyl sites for hydroxylation is 1. The first kappa shape index (κ1) is 13.7. The van der Waals surface area contributed by atoms with E-state index in [4.69, 9.17) is 4.74 Å². The average Bonchev–Trinajstić information content (AvgIpc) is 2.93. The van der Waals surface area contributed by atoms with Gasteiger partial charge < -0.3 is 9.30 Å². The number of rotatable bonds is 2. The third-order valence-corrected chi connectivity index (χ3v) is 4.04. The molecule has 5 heteroatoms. The van der Waals surface area contributed by atoms with Gasteiger partial charge in [-0.2, -0.15) is 0 Å². The van der Waals surface area contributed by atoms with Crippen molar-refractivity contribution < 1.29 is 14.3 Å². The van der Waals surface area contributed by atoms with Crippen molar-refractivity contribution in [2.75, 3.05) is 0 Å². The highest BCUT2D eigenvalue weighted by Crippen LogP contribution is 2.29. The first-order valence-electron chi connectivity index (χ1n) is 7.48. The van der Waals surface area contributed by atoms with Gasteiger partial charge in [-0.1, -0.05) is 30.3 Å². The van der Waals surface area contributed by atoms with Gasteiger partial charge in [0.05, 0.1) is 11.0 Å². The molecule has 0 saturated heterocycles. The average molecular weight is 306 g/mol. The Bertz CT molecular complexity index is 899. The number of ketones is 1. The number of carbonyl (C=O) groups is 2. The van der Waals surface area contributed by atoms with Crippen molar-refractivity contribution in [1.82, 2.24) is 9.55 Å². The van der Waals surface area contributed by atoms with Crippen molar-refractivity contribution in [1.29, 1.82) is 0 Å². The van der Waals surface area contributed by atoms with Crippen molar-refractivity contribution in [2.45, 2.75) is 18.9 Å². The van der Waals surface area contributed by atoms with Crippen LogP contribution in [0, 0.1) is 0 Å². The van der Waals surface area contributed by atoms with Gasteiger partial charge in [-0.25, -0.2) is 4.98 Å². The first-order valence-corrected chi connectivity index (χ1v) is 7.48. The standard InChI is InChI=1S/C18H14N2O3/c21-15-10-11-20-14-9-5-4-8-13(14)19-17(20)16(15)18(22)23-12-6-2-1-3-7-12/h1-9,16H,10-11H2. The van der Waals surface area contributed by atoms with E-state index in [0.717, 1.165) is 11.0 Å². The summed E-state index contributed by atoms with van der Waals surface area (Å²) in [7, 11) is 0. The zero-order valence-corrected chi connectivity index (χ0v) is 12.3. The Morgan fingerprint density at radius 1 is 1.09 bits per heavy atom. The molecule has 2 aromatic carbocycles. The topological polar surface area (TPSA) is 61.2 Å². The molecule has 1 aromatic heterocycles. The molecule has 0 N–H and O–H groups in total. The summed E-state index contributed by atoms with van der Waals surface area (Å²) in [5, 5.41) is 0. The van der Waals surface area contributed by atoms with Crippen LogP contribution in [0.25, 0.3) is 11.0 Å². The summed E-state index contributed by atoms with van der Waals surface area (Å²) >= 11 is 0. The number of nitrogens with zero attached hydrogens (tertiary/aromatic N) is 2. The molecule has 0 bridgehead atoms. The molecule has 3 aromatic rings. The predicted molar refractivity (Wildman–Crippen MR) is 84.2 cm³/mol. The quantitative estimate of drug-likeness (QED) is 0.415. The maximum absolute atomic E-state index is 12.5. The molecule has 114 valence electrons. The largest absolute Gasteiger partial charge is 0.426 e. The molecule has 0 spiro atoms. The zero-order chi connectivity index (χ0) is 15.8. The minimum absolute atomic E-state index is 0.145. The minimum atomic E-state index is -0.962. The van der Waals surface area contributed by atoms with Gasteiger partial charge in [-0.15, -0.1) is 0 Å². The van der Waals surface area contributed by atoms with Crippen molar-refractivity contribution in [3.63, 3.8) is 0 Å². The van der Waals surface area contributed by atoms with Crippen LogP contribution in [-0.2, 0) is 16.1 Å². The van der Waals surface area contributed by atoms with Crippen LogP contribution < -0.4 is 4.74 Å². The van der Waals surface area contributed by atoms with Gasteiger partial charge in [0.15, 0.2) is 11.7 Å². The van der Waals surface area contributed by atoms with Gasteiger partial charge in [-0.3, -0.25) is 9.59 Å². The van der Waals surface area contributed by atoms with Crippen LogP contribution >= 0.6 is 0 Å². The minimum Gasteiger partial charge on any atom is -0.426 e. The van der Waals surface area contributed by atoms with Crippen LogP contribution in [0.3, 0.4) is 0 Å². The van der Waals surface area contributed by atoms with E-state index in [1.807, 2.05) is 34.9 Å². The number of imidazole rings is 1. The Balaban J connectivity index is 1.74. The Hall–Kier alpha value is -2.95. The summed E-state index contributed by atoms with van der Waals surface area (Å²) in [4.78, 5) is 29.3. The SMILES string of the molecule is O=C1CCn2c(nc3ccccc32)C1C(=O)Oc1ccccc1. The summed E-state index contributed by atoms with van der Waals surface area (Å²) in [6.07, 6.45) is 0.307. The normalized spacial score (nSPS) is 17.0. The van der Waals surface area contributed by atoms with Crippen molar-refractivity contribution in [2.24, 2.45) is 0 Å². The second-order valence-corrected chi connectivity index (χ2v) is 5.49. The van der Waals surface area contributed by atoms with Gasteiger partial charge in [0, 0.05) is 13.0 Å². The van der Waals surface area contributed by atoms with Gasteiger partial charge in [0.2, 0.25) is 0 Å². The van der Waals surface area contributed by atoms with Crippen molar-refractivity contribution in [3.05, 3.63) is 60.4 Å². The highest BCUT2D eigenvalue weighted by molar-refractivity contribution is 6.05. The predicted octanol–water partition coefficient (Wildman–Crippen LogP) is 2.70. The number of esters is 1. The molecule has 1 aliphatic rings. The fourth-order valence-corrected chi connectivity index (χ4v) is 2.96. The molecule has 1 atom stereocenters. The highest BCUT2D eigenvalue weighted by atomic mass is 16.5. The van der Waals surface area contributed by atoms with Crippen LogP contribution in [0.4, 0.5) is 0 Å². The van der Waals surface area contributed by atoms with E-state index in [1.54, 1.807) is 24.3 Å². The van der Waals surface area contributed by atoms with Gasteiger partial charge >= 0.3 is 5.97 Å². The second kappa shape index (κ2) is 5.35. The highest BCUT2D eigenvalue weighted by Gasteiger charge is 2.38. The van der Waals surface area contributed by atoms with E-state index < -0.39 is 11.9 Å². The Kier molecular flexibility index (Phi) is 3.19. The van der Waals surface area contributed by atoms with E-state index in [9.17, 15) is 9.59 Å². The molecule has 0 saturated carbocycles. The lowest BCUT2D eigenvalue weighted by Crippen LogP contribution is -2.33. The first-order chi connectivity index (χ1) is 11.2. The molecule has 1 unspecified atom stereocenters. The molecule has 0 fully saturated rings. The molecule has 2 heterocycles. The van der Waals surface area contributed by atoms with Crippen LogP contribution in [-0.4, -0.2) is 21.3 Å². The molecule has 0 amide bonds. The fourth-order valence-electron chi connectivity index (χ4n) is 2.96. The Morgan fingerprint density at radius 3 is 2.65 bits per heavy atom.